The van der Waals surface area contributed by atoms with Crippen LogP contribution in [0.2, 0.25) is 0 Å². The molecule has 0 aliphatic carbocycles. The normalized spacial score (nSPS) is 16.4. The van der Waals surface area contributed by atoms with Crippen molar-refractivity contribution in [1.82, 2.24) is 15.0 Å². The van der Waals surface area contributed by atoms with Crippen molar-refractivity contribution in [3.63, 3.8) is 0 Å². The van der Waals surface area contributed by atoms with E-state index in [1.165, 1.54) is 12.4 Å². The molecule has 1 saturated heterocycles. The molecule has 4 rings (SSSR count). The summed E-state index contributed by atoms with van der Waals surface area (Å²) in [5.74, 6) is -1.06. The third-order valence-corrected chi connectivity index (χ3v) is 5.60. The molecule has 1 atom stereocenters. The molecule has 6 nitrogen and oxygen atoms in total. The third kappa shape index (κ3) is 4.04. The standard InChI is InChI=1S/C22H21F4N5O/c1-13-5-7-15(11-27-13)30(2)20-19(23)21(29-12-28-20)31-9-3-4-17(31)16-8-6-14(10-18(16)32)22(24,25)26/h5-8,10-12,17,32H,3-4,9H2,1-2H3. The van der Waals surface area contributed by atoms with E-state index in [-0.39, 0.29) is 11.6 Å². The van der Waals surface area contributed by atoms with Gasteiger partial charge in [-0.15, -0.1) is 0 Å². The Bertz CT molecular complexity index is 1120. The quantitative estimate of drug-likeness (QED) is 0.558. The molecule has 168 valence electrons. The zero-order valence-electron chi connectivity index (χ0n) is 17.4. The summed E-state index contributed by atoms with van der Waals surface area (Å²) in [4.78, 5) is 15.6. The Morgan fingerprint density at radius 3 is 2.56 bits per heavy atom. The number of benzene rings is 1. The summed E-state index contributed by atoms with van der Waals surface area (Å²) < 4.78 is 54.4. The summed E-state index contributed by atoms with van der Waals surface area (Å²) in [6.07, 6.45) is -0.505. The topological polar surface area (TPSA) is 65.4 Å². The molecule has 1 aromatic carbocycles. The number of nitrogens with zero attached hydrogens (tertiary/aromatic N) is 5. The maximum Gasteiger partial charge on any atom is 0.416 e. The van der Waals surface area contributed by atoms with Gasteiger partial charge in [-0.2, -0.15) is 17.6 Å². The van der Waals surface area contributed by atoms with E-state index in [1.54, 1.807) is 35.2 Å². The number of pyridine rings is 1. The van der Waals surface area contributed by atoms with E-state index < -0.39 is 29.3 Å². The van der Waals surface area contributed by atoms with E-state index in [4.69, 9.17) is 0 Å². The summed E-state index contributed by atoms with van der Waals surface area (Å²) in [6, 6.07) is 5.95. The second kappa shape index (κ2) is 8.25. The highest BCUT2D eigenvalue weighted by atomic mass is 19.4. The van der Waals surface area contributed by atoms with Crippen molar-refractivity contribution in [2.45, 2.75) is 32.0 Å². The first kappa shape index (κ1) is 21.8. The van der Waals surface area contributed by atoms with Crippen molar-refractivity contribution in [2.75, 3.05) is 23.4 Å². The van der Waals surface area contributed by atoms with E-state index in [9.17, 15) is 18.3 Å². The molecule has 1 aliphatic heterocycles. The molecule has 32 heavy (non-hydrogen) atoms. The summed E-state index contributed by atoms with van der Waals surface area (Å²) in [5.41, 5.74) is 0.818. The SMILES string of the molecule is Cc1ccc(N(C)c2ncnc(N3CCCC3c3ccc(C(F)(F)F)cc3O)c2F)cn1. The zero-order valence-corrected chi connectivity index (χ0v) is 17.4. The molecule has 0 bridgehead atoms. The maximum atomic E-state index is 15.5. The van der Waals surface area contributed by atoms with Gasteiger partial charge in [-0.25, -0.2) is 9.97 Å². The van der Waals surface area contributed by atoms with Crippen LogP contribution in [0.5, 0.6) is 5.75 Å². The Kier molecular flexibility index (Phi) is 5.62. The van der Waals surface area contributed by atoms with E-state index in [0.717, 1.165) is 11.8 Å². The zero-order chi connectivity index (χ0) is 23.0. The van der Waals surface area contributed by atoms with Gasteiger partial charge in [0.25, 0.3) is 0 Å². The van der Waals surface area contributed by atoms with Crippen molar-refractivity contribution in [3.8, 4) is 5.75 Å². The highest BCUT2D eigenvalue weighted by Gasteiger charge is 2.35. The third-order valence-electron chi connectivity index (χ3n) is 5.60. The van der Waals surface area contributed by atoms with E-state index in [0.29, 0.717) is 36.7 Å². The average Bonchev–Trinajstić information content (AvgIpc) is 3.22. The Morgan fingerprint density at radius 2 is 1.91 bits per heavy atom. The van der Waals surface area contributed by atoms with Crippen LogP contribution >= 0.6 is 0 Å². The van der Waals surface area contributed by atoms with E-state index >= 15 is 4.39 Å². The fourth-order valence-corrected chi connectivity index (χ4v) is 3.91. The number of rotatable bonds is 4. The number of phenols is 1. The van der Waals surface area contributed by atoms with Gasteiger partial charge in [-0.1, -0.05) is 6.07 Å². The van der Waals surface area contributed by atoms with Gasteiger partial charge in [0.2, 0.25) is 5.82 Å². The van der Waals surface area contributed by atoms with Gasteiger partial charge in [0.15, 0.2) is 11.6 Å². The van der Waals surface area contributed by atoms with E-state index in [1.807, 2.05) is 6.92 Å². The van der Waals surface area contributed by atoms with Crippen LogP contribution in [0.4, 0.5) is 34.9 Å². The van der Waals surface area contributed by atoms with Crippen LogP contribution in [0, 0.1) is 12.7 Å². The number of aryl methyl sites for hydroxylation is 1. The van der Waals surface area contributed by atoms with Crippen molar-refractivity contribution in [1.29, 1.82) is 0 Å². The van der Waals surface area contributed by atoms with Gasteiger partial charge in [-0.05, 0) is 44.0 Å². The summed E-state index contributed by atoms with van der Waals surface area (Å²) in [5, 5.41) is 10.3. The number of aromatic nitrogens is 3. The fraction of sp³-hybridized carbons (Fsp3) is 0.318. The number of alkyl halides is 3. The van der Waals surface area contributed by atoms with Crippen LogP contribution in [0.25, 0.3) is 0 Å². The lowest BCUT2D eigenvalue weighted by Gasteiger charge is -2.28. The summed E-state index contributed by atoms with van der Waals surface area (Å²) >= 11 is 0. The molecule has 10 heteroatoms. The summed E-state index contributed by atoms with van der Waals surface area (Å²) in [6.45, 7) is 2.28. The van der Waals surface area contributed by atoms with Crippen LogP contribution in [-0.2, 0) is 6.18 Å². The number of aromatic hydroxyl groups is 1. The molecule has 3 aromatic rings. The highest BCUT2D eigenvalue weighted by Crippen LogP contribution is 2.42. The first-order valence-electron chi connectivity index (χ1n) is 10.0. The molecular formula is C22H21F4N5O. The van der Waals surface area contributed by atoms with Crippen molar-refractivity contribution >= 4 is 17.3 Å². The molecule has 0 radical (unpaired) electrons. The fourth-order valence-electron chi connectivity index (χ4n) is 3.91. The molecular weight excluding hydrogens is 426 g/mol. The minimum Gasteiger partial charge on any atom is -0.508 e. The monoisotopic (exact) mass is 447 g/mol. The smallest absolute Gasteiger partial charge is 0.416 e. The average molecular weight is 447 g/mol. The first-order chi connectivity index (χ1) is 15.2. The molecule has 1 fully saturated rings. The Labute approximate surface area is 182 Å². The predicted molar refractivity (Wildman–Crippen MR) is 111 cm³/mol. The minimum absolute atomic E-state index is 0.0312. The largest absolute Gasteiger partial charge is 0.508 e. The number of hydrogen-bond acceptors (Lipinski definition) is 6. The molecule has 1 aliphatic rings. The van der Waals surface area contributed by atoms with Gasteiger partial charge in [0.05, 0.1) is 23.5 Å². The Balaban J connectivity index is 1.68. The van der Waals surface area contributed by atoms with Crippen LogP contribution < -0.4 is 9.80 Å². The number of halogens is 4. The van der Waals surface area contributed by atoms with Crippen molar-refractivity contribution in [2.24, 2.45) is 0 Å². The van der Waals surface area contributed by atoms with Gasteiger partial charge < -0.3 is 14.9 Å². The van der Waals surface area contributed by atoms with Crippen LogP contribution in [0.1, 0.15) is 35.7 Å². The van der Waals surface area contributed by atoms with Crippen LogP contribution in [0.3, 0.4) is 0 Å². The van der Waals surface area contributed by atoms with Gasteiger partial charge in [-0.3, -0.25) is 4.98 Å². The lowest BCUT2D eigenvalue weighted by molar-refractivity contribution is -0.137. The van der Waals surface area contributed by atoms with Crippen molar-refractivity contribution < 1.29 is 22.7 Å². The van der Waals surface area contributed by atoms with Gasteiger partial charge in [0, 0.05) is 24.8 Å². The lowest BCUT2D eigenvalue weighted by atomic mass is 10.0. The molecule has 1 unspecified atom stereocenters. The number of anilines is 3. The first-order valence-corrected chi connectivity index (χ1v) is 10.0. The van der Waals surface area contributed by atoms with Crippen LogP contribution in [0.15, 0.2) is 42.9 Å². The molecule has 0 amide bonds. The molecule has 1 N–H and O–H groups in total. The van der Waals surface area contributed by atoms with E-state index in [2.05, 4.69) is 15.0 Å². The second-order valence-corrected chi connectivity index (χ2v) is 7.67. The molecule has 2 aromatic heterocycles. The molecule has 3 heterocycles. The molecule has 0 saturated carbocycles. The number of phenolic OH excluding ortho intramolecular Hbond substituents is 1. The minimum atomic E-state index is -4.56. The van der Waals surface area contributed by atoms with Gasteiger partial charge >= 0.3 is 6.18 Å². The summed E-state index contributed by atoms with van der Waals surface area (Å²) in [7, 11) is 1.66. The molecule has 0 spiro atoms. The Morgan fingerprint density at radius 1 is 1.12 bits per heavy atom. The van der Waals surface area contributed by atoms with Crippen molar-refractivity contribution in [3.05, 3.63) is 65.5 Å². The predicted octanol–water partition coefficient (Wildman–Crippen LogP) is 5.15. The van der Waals surface area contributed by atoms with Gasteiger partial charge in [0.1, 0.15) is 12.1 Å². The number of hydrogen-bond donors (Lipinski definition) is 1. The maximum absolute atomic E-state index is 15.5. The Hall–Kier alpha value is -3.43. The van der Waals surface area contributed by atoms with Crippen LogP contribution in [-0.4, -0.2) is 33.7 Å². The lowest BCUT2D eigenvalue weighted by Crippen LogP contribution is -2.26. The highest BCUT2D eigenvalue weighted by molar-refractivity contribution is 5.63. The second-order valence-electron chi connectivity index (χ2n) is 7.67.